The van der Waals surface area contributed by atoms with Crippen LogP contribution in [0.3, 0.4) is 0 Å². The molecular weight excluding hydrogens is 184 g/mol. The first-order chi connectivity index (χ1) is 6.70. The van der Waals surface area contributed by atoms with Gasteiger partial charge in [0.25, 0.3) is 0 Å². The Hall–Kier alpha value is -1.43. The SMILES string of the molecule is C[C@@H]1C(=O)N[C@@H]1Cn1ncc(CO)n1. The zero-order valence-corrected chi connectivity index (χ0v) is 7.84. The summed E-state index contributed by atoms with van der Waals surface area (Å²) < 4.78 is 0. The van der Waals surface area contributed by atoms with Gasteiger partial charge >= 0.3 is 0 Å². The zero-order valence-electron chi connectivity index (χ0n) is 7.84. The summed E-state index contributed by atoms with van der Waals surface area (Å²) in [4.78, 5) is 12.4. The maximum atomic E-state index is 10.9. The topological polar surface area (TPSA) is 80.0 Å². The lowest BCUT2D eigenvalue weighted by Crippen LogP contribution is -2.58. The van der Waals surface area contributed by atoms with Gasteiger partial charge in [-0.25, -0.2) is 0 Å². The van der Waals surface area contributed by atoms with Crippen molar-refractivity contribution in [3.63, 3.8) is 0 Å². The van der Waals surface area contributed by atoms with Crippen LogP contribution in [0.2, 0.25) is 0 Å². The van der Waals surface area contributed by atoms with Crippen molar-refractivity contribution in [1.82, 2.24) is 20.3 Å². The number of carbonyl (C=O) groups excluding carboxylic acids is 1. The summed E-state index contributed by atoms with van der Waals surface area (Å²) in [6, 6.07) is 0.112. The minimum Gasteiger partial charge on any atom is -0.390 e. The minimum absolute atomic E-state index is 0.0265. The van der Waals surface area contributed by atoms with Crippen LogP contribution in [0.4, 0.5) is 0 Å². The van der Waals surface area contributed by atoms with Crippen LogP contribution in [-0.4, -0.2) is 32.0 Å². The Morgan fingerprint density at radius 1 is 1.71 bits per heavy atom. The second-order valence-corrected chi connectivity index (χ2v) is 3.45. The van der Waals surface area contributed by atoms with Crippen LogP contribution in [-0.2, 0) is 17.9 Å². The molecule has 76 valence electrons. The molecule has 1 aliphatic rings. The zero-order chi connectivity index (χ0) is 10.1. The summed E-state index contributed by atoms with van der Waals surface area (Å²) in [6.45, 7) is 2.33. The average Bonchev–Trinajstić information content (AvgIpc) is 2.65. The van der Waals surface area contributed by atoms with Crippen LogP contribution in [0, 0.1) is 5.92 Å². The van der Waals surface area contributed by atoms with E-state index in [-0.39, 0.29) is 24.5 Å². The highest BCUT2D eigenvalue weighted by Crippen LogP contribution is 2.14. The molecule has 1 aromatic rings. The van der Waals surface area contributed by atoms with E-state index in [0.717, 1.165) is 0 Å². The largest absolute Gasteiger partial charge is 0.390 e. The van der Waals surface area contributed by atoms with Gasteiger partial charge in [0.1, 0.15) is 5.69 Å². The fourth-order valence-corrected chi connectivity index (χ4v) is 1.40. The second-order valence-electron chi connectivity index (χ2n) is 3.45. The van der Waals surface area contributed by atoms with Gasteiger partial charge in [-0.1, -0.05) is 6.92 Å². The number of aliphatic hydroxyl groups excluding tert-OH is 1. The number of β-lactam (4-membered cyclic amide) rings is 1. The summed E-state index contributed by atoms with van der Waals surface area (Å²) in [7, 11) is 0. The van der Waals surface area contributed by atoms with E-state index in [1.807, 2.05) is 6.92 Å². The third-order valence-corrected chi connectivity index (χ3v) is 2.45. The summed E-state index contributed by atoms with van der Waals surface area (Å²) in [5.74, 6) is 0.100. The molecule has 2 N–H and O–H groups in total. The normalized spacial score (nSPS) is 25.7. The number of nitrogens with one attached hydrogen (secondary N) is 1. The number of nitrogens with zero attached hydrogens (tertiary/aromatic N) is 3. The molecule has 14 heavy (non-hydrogen) atoms. The number of aromatic nitrogens is 3. The monoisotopic (exact) mass is 196 g/mol. The van der Waals surface area contributed by atoms with Crippen LogP contribution in [0.5, 0.6) is 0 Å². The molecule has 2 rings (SSSR count). The number of hydrogen-bond acceptors (Lipinski definition) is 4. The van der Waals surface area contributed by atoms with Gasteiger partial charge < -0.3 is 10.4 Å². The van der Waals surface area contributed by atoms with Crippen LogP contribution >= 0.6 is 0 Å². The van der Waals surface area contributed by atoms with Crippen molar-refractivity contribution in [3.8, 4) is 0 Å². The lowest BCUT2D eigenvalue weighted by molar-refractivity contribution is -0.134. The number of hydrogen-bond donors (Lipinski definition) is 2. The molecule has 0 spiro atoms. The maximum absolute atomic E-state index is 10.9. The van der Waals surface area contributed by atoms with E-state index in [2.05, 4.69) is 15.5 Å². The highest BCUT2D eigenvalue weighted by atomic mass is 16.3. The van der Waals surface area contributed by atoms with Gasteiger partial charge in [-0.2, -0.15) is 15.0 Å². The summed E-state index contributed by atoms with van der Waals surface area (Å²) in [6.07, 6.45) is 1.52. The fourth-order valence-electron chi connectivity index (χ4n) is 1.40. The van der Waals surface area contributed by atoms with Gasteiger partial charge in [-0.15, -0.1) is 0 Å². The van der Waals surface area contributed by atoms with E-state index >= 15 is 0 Å². The number of aliphatic hydroxyl groups is 1. The van der Waals surface area contributed by atoms with Gasteiger partial charge in [0, 0.05) is 0 Å². The Morgan fingerprint density at radius 2 is 2.50 bits per heavy atom. The molecule has 0 unspecified atom stereocenters. The van der Waals surface area contributed by atoms with Crippen molar-refractivity contribution in [2.24, 2.45) is 5.92 Å². The van der Waals surface area contributed by atoms with Crippen molar-refractivity contribution in [2.75, 3.05) is 0 Å². The molecule has 1 amide bonds. The van der Waals surface area contributed by atoms with Gasteiger partial charge in [-0.3, -0.25) is 4.79 Å². The van der Waals surface area contributed by atoms with Crippen LogP contribution < -0.4 is 5.32 Å². The van der Waals surface area contributed by atoms with E-state index in [1.165, 1.54) is 11.0 Å². The molecule has 1 fully saturated rings. The number of rotatable bonds is 3. The van der Waals surface area contributed by atoms with Gasteiger partial charge in [-0.05, 0) is 0 Å². The third-order valence-electron chi connectivity index (χ3n) is 2.45. The molecule has 1 aromatic heterocycles. The van der Waals surface area contributed by atoms with E-state index in [1.54, 1.807) is 0 Å². The van der Waals surface area contributed by atoms with Crippen LogP contribution in [0.25, 0.3) is 0 Å². The van der Waals surface area contributed by atoms with Gasteiger partial charge in [0.2, 0.25) is 5.91 Å². The first-order valence-corrected chi connectivity index (χ1v) is 4.51. The highest BCUT2D eigenvalue weighted by molar-refractivity contribution is 5.85. The molecule has 0 aromatic carbocycles. The first kappa shape index (κ1) is 9.14. The lowest BCUT2D eigenvalue weighted by atomic mass is 9.93. The molecule has 2 atom stereocenters. The molecular formula is C8H12N4O2. The van der Waals surface area contributed by atoms with Crippen molar-refractivity contribution in [2.45, 2.75) is 26.1 Å². The number of carbonyl (C=O) groups is 1. The Balaban J connectivity index is 1.95. The summed E-state index contributed by atoms with van der Waals surface area (Å²) >= 11 is 0. The standard InChI is InChI=1S/C8H12N4O2/c1-5-7(10-8(5)14)3-12-9-2-6(4-13)11-12/h2,5,7,13H,3-4H2,1H3,(H,10,14)/t5-,7+/m0/s1. The van der Waals surface area contributed by atoms with Crippen molar-refractivity contribution < 1.29 is 9.90 Å². The molecule has 0 radical (unpaired) electrons. The smallest absolute Gasteiger partial charge is 0.225 e. The molecule has 6 heteroatoms. The molecule has 0 saturated carbocycles. The van der Waals surface area contributed by atoms with Crippen molar-refractivity contribution >= 4 is 5.91 Å². The van der Waals surface area contributed by atoms with Gasteiger partial charge in [0.05, 0.1) is 31.3 Å². The molecule has 6 nitrogen and oxygen atoms in total. The quantitative estimate of drug-likeness (QED) is 0.602. The van der Waals surface area contributed by atoms with E-state index in [0.29, 0.717) is 12.2 Å². The van der Waals surface area contributed by atoms with E-state index in [9.17, 15) is 4.79 Å². The Kier molecular flexibility index (Phi) is 2.20. The summed E-state index contributed by atoms with van der Waals surface area (Å²) in [5.41, 5.74) is 0.545. The van der Waals surface area contributed by atoms with Gasteiger partial charge in [0.15, 0.2) is 0 Å². The molecule has 0 bridgehead atoms. The maximum Gasteiger partial charge on any atom is 0.225 e. The lowest BCUT2D eigenvalue weighted by Gasteiger charge is -2.33. The second kappa shape index (κ2) is 3.38. The number of amides is 1. The van der Waals surface area contributed by atoms with E-state index in [4.69, 9.17) is 5.11 Å². The Morgan fingerprint density at radius 3 is 3.00 bits per heavy atom. The third kappa shape index (κ3) is 1.48. The molecule has 1 aliphatic heterocycles. The molecule has 2 heterocycles. The van der Waals surface area contributed by atoms with Crippen LogP contribution in [0.15, 0.2) is 6.20 Å². The Labute approximate surface area is 80.9 Å². The van der Waals surface area contributed by atoms with Crippen molar-refractivity contribution in [1.29, 1.82) is 0 Å². The first-order valence-electron chi connectivity index (χ1n) is 4.51. The van der Waals surface area contributed by atoms with E-state index < -0.39 is 0 Å². The molecule has 1 saturated heterocycles. The van der Waals surface area contributed by atoms with Crippen molar-refractivity contribution in [3.05, 3.63) is 11.9 Å². The van der Waals surface area contributed by atoms with Crippen LogP contribution in [0.1, 0.15) is 12.6 Å². The predicted octanol–water partition coefficient (Wildman–Crippen LogP) is -1.10. The minimum atomic E-state index is -0.105. The molecule has 0 aliphatic carbocycles. The fraction of sp³-hybridized carbons (Fsp3) is 0.625. The Bertz CT molecular complexity index is 349. The highest BCUT2D eigenvalue weighted by Gasteiger charge is 2.35. The summed E-state index contributed by atoms with van der Waals surface area (Å²) in [5, 5.41) is 19.5. The average molecular weight is 196 g/mol. The predicted molar refractivity (Wildman–Crippen MR) is 47.0 cm³/mol.